The van der Waals surface area contributed by atoms with Crippen LogP contribution in [0.1, 0.15) is 48.4 Å². The topological polar surface area (TPSA) is 113 Å². The molecular weight excluding hydrogens is 355 g/mol. The number of aromatic nitrogens is 1. The average molecular weight is 375 g/mol. The zero-order valence-corrected chi connectivity index (χ0v) is 14.5. The molecule has 27 heavy (non-hydrogen) atoms. The molecule has 0 radical (unpaired) electrons. The van der Waals surface area contributed by atoms with Crippen LogP contribution in [0.2, 0.25) is 0 Å². The molecule has 0 aliphatic heterocycles. The molecule has 1 aliphatic carbocycles. The predicted molar refractivity (Wildman–Crippen MR) is 101 cm³/mol. The van der Waals surface area contributed by atoms with E-state index in [2.05, 4.69) is 4.98 Å². The van der Waals surface area contributed by atoms with Crippen molar-refractivity contribution in [2.24, 2.45) is 5.73 Å². The van der Waals surface area contributed by atoms with Crippen LogP contribution >= 0.6 is 0 Å². The maximum atomic E-state index is 13.1. The van der Waals surface area contributed by atoms with Crippen molar-refractivity contribution in [2.45, 2.75) is 37.8 Å². The zero-order chi connectivity index (χ0) is 19.8. The molecule has 8 heteroatoms. The van der Waals surface area contributed by atoms with Crippen molar-refractivity contribution in [3.05, 3.63) is 41.2 Å². The number of nitrogens with zero attached hydrogens (tertiary/aromatic N) is 1. The lowest BCUT2D eigenvalue weighted by Gasteiger charge is -2.19. The molecule has 0 amide bonds. The number of rotatable bonds is 4. The number of hydrogen-bond donors (Lipinski definition) is 4. The summed E-state index contributed by atoms with van der Waals surface area (Å²) in [5, 5.41) is 15.9. The number of alkyl halides is 3. The average Bonchev–Trinajstić information content (AvgIpc) is 3.15. The van der Waals surface area contributed by atoms with Crippen molar-refractivity contribution in [1.29, 1.82) is 10.8 Å². The van der Waals surface area contributed by atoms with Gasteiger partial charge in [-0.05, 0) is 42.5 Å². The van der Waals surface area contributed by atoms with E-state index in [1.165, 1.54) is 0 Å². The van der Waals surface area contributed by atoms with E-state index in [-0.39, 0.29) is 11.6 Å². The van der Waals surface area contributed by atoms with Gasteiger partial charge in [0, 0.05) is 34.6 Å². The maximum Gasteiger partial charge on any atom is 0.433 e. The van der Waals surface area contributed by atoms with Gasteiger partial charge in [0.25, 0.3) is 0 Å². The predicted octanol–water partition coefficient (Wildman–Crippen LogP) is 4.35. The van der Waals surface area contributed by atoms with Crippen LogP contribution in [0.3, 0.4) is 0 Å². The van der Waals surface area contributed by atoms with Gasteiger partial charge in [-0.3, -0.25) is 5.41 Å². The van der Waals surface area contributed by atoms with Crippen molar-refractivity contribution >= 4 is 34.1 Å². The summed E-state index contributed by atoms with van der Waals surface area (Å²) in [5.74, 6) is 0.147. The summed E-state index contributed by atoms with van der Waals surface area (Å²) in [6.07, 6.45) is 0.975. The first-order valence-corrected chi connectivity index (χ1v) is 8.60. The highest BCUT2D eigenvalue weighted by molar-refractivity contribution is 6.24. The molecule has 1 aliphatic rings. The highest BCUT2D eigenvalue weighted by Crippen LogP contribution is 2.40. The Balaban J connectivity index is 2.29. The highest BCUT2D eigenvalue weighted by Gasteiger charge is 2.38. The molecule has 6 N–H and O–H groups in total. The van der Waals surface area contributed by atoms with Crippen LogP contribution < -0.4 is 11.5 Å². The number of anilines is 1. The van der Waals surface area contributed by atoms with Gasteiger partial charge in [0.2, 0.25) is 0 Å². The molecule has 142 valence electrons. The van der Waals surface area contributed by atoms with Gasteiger partial charge in [-0.25, -0.2) is 4.98 Å². The van der Waals surface area contributed by atoms with Crippen LogP contribution in [-0.2, 0) is 0 Å². The SMILES string of the molecule is N=Cc1c(N)ccc2nc(/C(=C/N)C(=N)C(F)(F)F)cc(C3CCCC3)c12. The third-order valence-electron chi connectivity index (χ3n) is 5.01. The zero-order valence-electron chi connectivity index (χ0n) is 14.5. The Morgan fingerprint density at radius 1 is 1.22 bits per heavy atom. The van der Waals surface area contributed by atoms with E-state index in [1.807, 2.05) is 0 Å². The number of allylic oxidation sites excluding steroid dienone is 1. The first-order chi connectivity index (χ1) is 12.8. The van der Waals surface area contributed by atoms with Gasteiger partial charge in [-0.15, -0.1) is 0 Å². The lowest BCUT2D eigenvalue weighted by molar-refractivity contribution is -0.0578. The minimum atomic E-state index is -4.82. The number of nitrogens with two attached hydrogens (primary N) is 2. The third kappa shape index (κ3) is 3.39. The smallest absolute Gasteiger partial charge is 0.404 e. The van der Waals surface area contributed by atoms with E-state index >= 15 is 0 Å². The molecule has 1 fully saturated rings. The van der Waals surface area contributed by atoms with Crippen LogP contribution in [0, 0.1) is 10.8 Å². The number of hydrogen-bond acceptors (Lipinski definition) is 5. The monoisotopic (exact) mass is 375 g/mol. The van der Waals surface area contributed by atoms with Crippen molar-refractivity contribution in [3.8, 4) is 0 Å². The van der Waals surface area contributed by atoms with Crippen molar-refractivity contribution in [1.82, 2.24) is 4.98 Å². The second-order valence-corrected chi connectivity index (χ2v) is 6.64. The van der Waals surface area contributed by atoms with E-state index in [0.29, 0.717) is 22.2 Å². The molecule has 1 heterocycles. The fraction of sp³-hybridized carbons (Fsp3) is 0.316. The van der Waals surface area contributed by atoms with Crippen LogP contribution in [0.4, 0.5) is 18.9 Å². The van der Waals surface area contributed by atoms with Crippen molar-refractivity contribution in [2.75, 3.05) is 5.73 Å². The summed E-state index contributed by atoms with van der Waals surface area (Å²) in [6.45, 7) is 0. The van der Waals surface area contributed by atoms with Crippen molar-refractivity contribution in [3.63, 3.8) is 0 Å². The summed E-state index contributed by atoms with van der Waals surface area (Å²) in [5.41, 5.74) is 11.6. The van der Waals surface area contributed by atoms with Gasteiger partial charge in [0.05, 0.1) is 11.2 Å². The summed E-state index contributed by atoms with van der Waals surface area (Å²) in [6, 6.07) is 4.79. The summed E-state index contributed by atoms with van der Waals surface area (Å²) < 4.78 is 39.2. The summed E-state index contributed by atoms with van der Waals surface area (Å²) >= 11 is 0. The fourth-order valence-corrected chi connectivity index (χ4v) is 3.70. The van der Waals surface area contributed by atoms with E-state index in [1.54, 1.807) is 18.2 Å². The molecule has 5 nitrogen and oxygen atoms in total. The normalized spacial score (nSPS) is 16.0. The number of benzene rings is 1. The molecule has 3 rings (SSSR count). The molecular formula is C19H20F3N5. The number of nitrogen functional groups attached to an aromatic ring is 1. The lowest BCUT2D eigenvalue weighted by atomic mass is 9.89. The minimum Gasteiger partial charge on any atom is -0.404 e. The summed E-state index contributed by atoms with van der Waals surface area (Å²) in [7, 11) is 0. The van der Waals surface area contributed by atoms with Gasteiger partial charge in [0.1, 0.15) is 5.71 Å². The number of fused-ring (bicyclic) bond motifs is 1. The first-order valence-electron chi connectivity index (χ1n) is 8.60. The lowest BCUT2D eigenvalue weighted by Crippen LogP contribution is -2.24. The van der Waals surface area contributed by atoms with E-state index in [4.69, 9.17) is 22.3 Å². The quantitative estimate of drug-likeness (QED) is 0.470. The molecule has 1 aromatic heterocycles. The van der Waals surface area contributed by atoms with Crippen LogP contribution in [0.15, 0.2) is 24.4 Å². The molecule has 1 aromatic carbocycles. The van der Waals surface area contributed by atoms with Gasteiger partial charge in [-0.2, -0.15) is 13.2 Å². The second-order valence-electron chi connectivity index (χ2n) is 6.64. The number of pyridine rings is 1. The second kappa shape index (κ2) is 7.02. The Kier molecular flexibility index (Phi) is 4.91. The third-order valence-corrected chi connectivity index (χ3v) is 5.01. The fourth-order valence-electron chi connectivity index (χ4n) is 3.70. The van der Waals surface area contributed by atoms with Crippen molar-refractivity contribution < 1.29 is 13.2 Å². The van der Waals surface area contributed by atoms with Crippen LogP contribution in [0.25, 0.3) is 16.5 Å². The Bertz CT molecular complexity index is 940. The Hall–Kier alpha value is -2.90. The summed E-state index contributed by atoms with van der Waals surface area (Å²) in [4.78, 5) is 4.31. The van der Waals surface area contributed by atoms with Crippen LogP contribution in [0.5, 0.6) is 0 Å². The molecule has 0 saturated heterocycles. The minimum absolute atomic E-state index is 0.00919. The molecule has 0 bridgehead atoms. The molecule has 2 aromatic rings. The molecule has 1 saturated carbocycles. The van der Waals surface area contributed by atoms with E-state index < -0.39 is 17.5 Å². The van der Waals surface area contributed by atoms with Gasteiger partial charge < -0.3 is 16.9 Å². The maximum absolute atomic E-state index is 13.1. The molecule has 0 atom stereocenters. The van der Waals surface area contributed by atoms with Crippen LogP contribution in [-0.4, -0.2) is 23.1 Å². The Morgan fingerprint density at radius 3 is 2.44 bits per heavy atom. The molecule has 0 spiro atoms. The number of nitrogens with one attached hydrogen (secondary N) is 2. The van der Waals surface area contributed by atoms with Gasteiger partial charge >= 0.3 is 6.18 Å². The standard InChI is InChI=1S/C19H20F3N5/c20-19(21,22)18(26)13(9-24)16-7-11(10-3-1-2-4-10)17-12(8-23)14(25)5-6-15(17)27-16/h5-10,23,26H,1-4,24-25H2/b13-9-,23-8?,26-18?. The van der Waals surface area contributed by atoms with E-state index in [9.17, 15) is 13.2 Å². The van der Waals surface area contributed by atoms with Gasteiger partial charge in [-0.1, -0.05) is 12.8 Å². The Morgan fingerprint density at radius 2 is 1.89 bits per heavy atom. The molecule has 0 unspecified atom stereocenters. The Labute approximate surface area is 154 Å². The highest BCUT2D eigenvalue weighted by atomic mass is 19.4. The van der Waals surface area contributed by atoms with Gasteiger partial charge in [0.15, 0.2) is 0 Å². The number of halogens is 3. The van der Waals surface area contributed by atoms with E-state index in [0.717, 1.165) is 43.7 Å². The first kappa shape index (κ1) is 18.9. The largest absolute Gasteiger partial charge is 0.433 e.